The molecule has 2 atom stereocenters. The predicted molar refractivity (Wildman–Crippen MR) is 141 cm³/mol. The highest BCUT2D eigenvalue weighted by atomic mass is 35.5. The van der Waals surface area contributed by atoms with Crippen molar-refractivity contribution < 1.29 is 14.3 Å². The maximum Gasteiger partial charge on any atom is 0.261 e. The summed E-state index contributed by atoms with van der Waals surface area (Å²) in [4.78, 5) is 28.5. The number of hydrogen-bond acceptors (Lipinski definition) is 3. The molecule has 0 aromatic heterocycles. The zero-order valence-corrected chi connectivity index (χ0v) is 21.4. The number of hydrogen-bond donors (Lipinski definition) is 1. The Morgan fingerprint density at radius 1 is 0.914 bits per heavy atom. The van der Waals surface area contributed by atoms with Crippen molar-refractivity contribution in [1.29, 1.82) is 0 Å². The average Bonchev–Trinajstić information content (AvgIpc) is 2.86. The van der Waals surface area contributed by atoms with Crippen LogP contribution in [0.3, 0.4) is 0 Å². The largest absolute Gasteiger partial charge is 0.484 e. The number of benzene rings is 3. The zero-order valence-electron chi connectivity index (χ0n) is 19.9. The number of amides is 2. The summed E-state index contributed by atoms with van der Waals surface area (Å²) in [5.41, 5.74) is 1.82. The fourth-order valence-corrected chi connectivity index (χ4v) is 3.87. The highest BCUT2D eigenvalue weighted by molar-refractivity contribution is 6.30. The number of carbonyl (C=O) groups excluding carboxylic acids is 2. The predicted octanol–water partition coefficient (Wildman–Crippen LogP) is 5.93. The van der Waals surface area contributed by atoms with E-state index in [1.807, 2.05) is 56.3 Å². The summed E-state index contributed by atoms with van der Waals surface area (Å²) in [6.07, 6.45) is 1.16. The lowest BCUT2D eigenvalue weighted by Gasteiger charge is -2.32. The number of nitrogens with zero attached hydrogens (tertiary/aromatic N) is 1. The SMILES string of the molecule is CC[C@H](C)NC(=O)[C@@H](Cc1ccccc1)N(Cc1ccc(Cl)cc1)C(=O)COc1cccc(Cl)c1. The van der Waals surface area contributed by atoms with Crippen LogP contribution in [-0.2, 0) is 22.6 Å². The van der Waals surface area contributed by atoms with Gasteiger partial charge in [-0.15, -0.1) is 0 Å². The maximum atomic E-state index is 13.5. The summed E-state index contributed by atoms with van der Waals surface area (Å²) in [6.45, 7) is 3.97. The zero-order chi connectivity index (χ0) is 25.2. The molecule has 35 heavy (non-hydrogen) atoms. The smallest absolute Gasteiger partial charge is 0.261 e. The molecule has 3 aromatic rings. The molecule has 0 radical (unpaired) electrons. The Morgan fingerprint density at radius 2 is 1.63 bits per heavy atom. The molecule has 1 N–H and O–H groups in total. The van der Waals surface area contributed by atoms with E-state index in [1.54, 1.807) is 41.3 Å². The molecular formula is C28H30Cl2N2O3. The van der Waals surface area contributed by atoms with E-state index in [0.29, 0.717) is 22.2 Å². The van der Waals surface area contributed by atoms with Crippen molar-refractivity contribution in [3.63, 3.8) is 0 Å². The summed E-state index contributed by atoms with van der Waals surface area (Å²) in [6, 6.07) is 23.1. The van der Waals surface area contributed by atoms with E-state index in [2.05, 4.69) is 5.32 Å². The van der Waals surface area contributed by atoms with Crippen molar-refractivity contribution in [3.8, 4) is 5.75 Å². The van der Waals surface area contributed by atoms with E-state index < -0.39 is 6.04 Å². The van der Waals surface area contributed by atoms with Crippen molar-refractivity contribution in [2.24, 2.45) is 0 Å². The lowest BCUT2D eigenvalue weighted by molar-refractivity contribution is -0.143. The number of ether oxygens (including phenoxy) is 1. The molecule has 0 saturated carbocycles. The topological polar surface area (TPSA) is 58.6 Å². The first kappa shape index (κ1) is 26.6. The number of rotatable bonds is 11. The third kappa shape index (κ3) is 8.30. The van der Waals surface area contributed by atoms with Gasteiger partial charge in [0, 0.05) is 29.1 Å². The highest BCUT2D eigenvalue weighted by Gasteiger charge is 2.31. The molecule has 0 aliphatic rings. The van der Waals surface area contributed by atoms with Crippen LogP contribution in [0.5, 0.6) is 5.75 Å². The summed E-state index contributed by atoms with van der Waals surface area (Å²) < 4.78 is 5.74. The molecule has 3 aromatic carbocycles. The van der Waals surface area contributed by atoms with E-state index in [9.17, 15) is 9.59 Å². The molecule has 7 heteroatoms. The Kier molecular flexibility index (Phi) is 10.0. The van der Waals surface area contributed by atoms with Crippen LogP contribution in [0, 0.1) is 0 Å². The summed E-state index contributed by atoms with van der Waals surface area (Å²) in [5.74, 6) is -0.0191. The van der Waals surface area contributed by atoms with Crippen LogP contribution < -0.4 is 10.1 Å². The number of carbonyl (C=O) groups is 2. The van der Waals surface area contributed by atoms with Gasteiger partial charge < -0.3 is 15.0 Å². The van der Waals surface area contributed by atoms with Gasteiger partial charge in [0.1, 0.15) is 11.8 Å². The van der Waals surface area contributed by atoms with Crippen molar-refractivity contribution in [1.82, 2.24) is 10.2 Å². The lowest BCUT2D eigenvalue weighted by Crippen LogP contribution is -2.53. The van der Waals surface area contributed by atoms with Gasteiger partial charge >= 0.3 is 0 Å². The lowest BCUT2D eigenvalue weighted by atomic mass is 10.0. The van der Waals surface area contributed by atoms with Gasteiger partial charge in [0.25, 0.3) is 5.91 Å². The molecule has 0 saturated heterocycles. The second-order valence-electron chi connectivity index (χ2n) is 8.42. The minimum absolute atomic E-state index is 0.0176. The van der Waals surface area contributed by atoms with E-state index in [0.717, 1.165) is 17.5 Å². The fourth-order valence-electron chi connectivity index (χ4n) is 3.57. The third-order valence-corrected chi connectivity index (χ3v) is 6.18. The molecular weight excluding hydrogens is 483 g/mol. The van der Waals surface area contributed by atoms with Crippen LogP contribution in [0.15, 0.2) is 78.9 Å². The Bertz CT molecular complexity index is 1110. The van der Waals surface area contributed by atoms with E-state index in [-0.39, 0.29) is 31.0 Å². The van der Waals surface area contributed by atoms with Gasteiger partial charge in [-0.3, -0.25) is 9.59 Å². The standard InChI is InChI=1S/C28H30Cl2N2O3/c1-3-20(2)31-28(34)26(16-21-8-5-4-6-9-21)32(18-22-12-14-23(29)15-13-22)27(33)19-35-25-11-7-10-24(30)17-25/h4-15,17,20,26H,3,16,18-19H2,1-2H3,(H,31,34)/t20-,26+/m0/s1. The molecule has 0 fully saturated rings. The third-order valence-electron chi connectivity index (χ3n) is 5.70. The Labute approximate surface area is 217 Å². The van der Waals surface area contributed by atoms with Gasteiger partial charge in [-0.25, -0.2) is 0 Å². The van der Waals surface area contributed by atoms with Crippen molar-refractivity contribution in [2.75, 3.05) is 6.61 Å². The van der Waals surface area contributed by atoms with Crippen molar-refractivity contribution in [2.45, 2.75) is 45.3 Å². The van der Waals surface area contributed by atoms with Crippen LogP contribution in [0.1, 0.15) is 31.4 Å². The first-order chi connectivity index (χ1) is 16.9. The molecule has 0 bridgehead atoms. The molecule has 0 spiro atoms. The van der Waals surface area contributed by atoms with Gasteiger partial charge in [-0.1, -0.05) is 78.7 Å². The summed E-state index contributed by atoms with van der Waals surface area (Å²) in [7, 11) is 0. The van der Waals surface area contributed by atoms with E-state index in [1.165, 1.54) is 0 Å². The summed E-state index contributed by atoms with van der Waals surface area (Å²) in [5, 5.41) is 4.17. The first-order valence-corrected chi connectivity index (χ1v) is 12.4. The van der Waals surface area contributed by atoms with Crippen LogP contribution in [0.25, 0.3) is 0 Å². The number of nitrogens with one attached hydrogen (secondary N) is 1. The first-order valence-electron chi connectivity index (χ1n) is 11.6. The highest BCUT2D eigenvalue weighted by Crippen LogP contribution is 2.20. The van der Waals surface area contributed by atoms with Crippen LogP contribution >= 0.6 is 23.2 Å². The van der Waals surface area contributed by atoms with Crippen LogP contribution in [-0.4, -0.2) is 35.4 Å². The Balaban J connectivity index is 1.90. The van der Waals surface area contributed by atoms with Gasteiger partial charge in [0.2, 0.25) is 5.91 Å². The molecule has 0 unspecified atom stereocenters. The minimum atomic E-state index is -0.725. The van der Waals surface area contributed by atoms with E-state index >= 15 is 0 Å². The van der Waals surface area contributed by atoms with E-state index in [4.69, 9.17) is 27.9 Å². The monoisotopic (exact) mass is 512 g/mol. The Hall–Kier alpha value is -3.02. The van der Waals surface area contributed by atoms with Crippen molar-refractivity contribution >= 4 is 35.0 Å². The molecule has 0 heterocycles. The molecule has 2 amide bonds. The quantitative estimate of drug-likeness (QED) is 0.346. The molecule has 0 aliphatic carbocycles. The van der Waals surface area contributed by atoms with Gasteiger partial charge in [0.15, 0.2) is 6.61 Å². The minimum Gasteiger partial charge on any atom is -0.484 e. The molecule has 184 valence electrons. The average molecular weight is 513 g/mol. The second-order valence-corrected chi connectivity index (χ2v) is 9.29. The van der Waals surface area contributed by atoms with Crippen LogP contribution in [0.2, 0.25) is 10.0 Å². The normalized spacial score (nSPS) is 12.5. The van der Waals surface area contributed by atoms with Gasteiger partial charge in [0.05, 0.1) is 0 Å². The van der Waals surface area contributed by atoms with Crippen LogP contribution in [0.4, 0.5) is 0 Å². The number of halogens is 2. The van der Waals surface area contributed by atoms with Gasteiger partial charge in [-0.2, -0.15) is 0 Å². The summed E-state index contributed by atoms with van der Waals surface area (Å²) >= 11 is 12.1. The fraction of sp³-hybridized carbons (Fsp3) is 0.286. The molecule has 5 nitrogen and oxygen atoms in total. The van der Waals surface area contributed by atoms with Gasteiger partial charge in [-0.05, 0) is 54.8 Å². The maximum absolute atomic E-state index is 13.5. The molecule has 0 aliphatic heterocycles. The Morgan fingerprint density at radius 3 is 2.29 bits per heavy atom. The second kappa shape index (κ2) is 13.2. The molecule has 3 rings (SSSR count). The van der Waals surface area contributed by atoms with Crippen molar-refractivity contribution in [3.05, 3.63) is 100 Å².